The van der Waals surface area contributed by atoms with Gasteiger partial charge in [-0.05, 0) is 18.4 Å². The Morgan fingerprint density at radius 1 is 1.38 bits per heavy atom. The van der Waals surface area contributed by atoms with E-state index in [1.54, 1.807) is 18.2 Å². The van der Waals surface area contributed by atoms with E-state index in [-0.39, 0.29) is 18.0 Å². The zero-order valence-electron chi connectivity index (χ0n) is 12.9. The maximum atomic E-state index is 14.1. The van der Waals surface area contributed by atoms with E-state index in [4.69, 9.17) is 5.73 Å². The van der Waals surface area contributed by atoms with Gasteiger partial charge in [-0.1, -0.05) is 57.7 Å². The maximum absolute atomic E-state index is 14.1. The lowest BCUT2D eigenvalue weighted by Crippen LogP contribution is -2.45. The van der Waals surface area contributed by atoms with Gasteiger partial charge >= 0.3 is 5.97 Å². The molecule has 0 saturated carbocycles. The molecule has 0 aliphatic heterocycles. The van der Waals surface area contributed by atoms with E-state index in [9.17, 15) is 14.3 Å². The van der Waals surface area contributed by atoms with Crippen molar-refractivity contribution in [3.63, 3.8) is 0 Å². The van der Waals surface area contributed by atoms with E-state index < -0.39 is 17.2 Å². The molecule has 0 spiro atoms. The van der Waals surface area contributed by atoms with Crippen molar-refractivity contribution in [3.05, 3.63) is 35.6 Å². The fourth-order valence-electron chi connectivity index (χ4n) is 2.88. The van der Waals surface area contributed by atoms with Gasteiger partial charge in [-0.15, -0.1) is 0 Å². The van der Waals surface area contributed by atoms with Crippen molar-refractivity contribution in [3.8, 4) is 0 Å². The lowest BCUT2D eigenvalue weighted by Gasteiger charge is -2.32. The molecule has 0 aliphatic carbocycles. The first-order chi connectivity index (χ1) is 10.0. The third kappa shape index (κ3) is 4.03. The van der Waals surface area contributed by atoms with Crippen LogP contribution in [0.1, 0.15) is 51.5 Å². The minimum absolute atomic E-state index is 0.0914. The van der Waals surface area contributed by atoms with Gasteiger partial charge in [0.25, 0.3) is 0 Å². The Labute approximate surface area is 126 Å². The van der Waals surface area contributed by atoms with Gasteiger partial charge in [-0.3, -0.25) is 4.79 Å². The Morgan fingerprint density at radius 2 is 2.05 bits per heavy atom. The molecule has 0 aromatic heterocycles. The minimum atomic E-state index is -1.33. The van der Waals surface area contributed by atoms with Gasteiger partial charge in [0.15, 0.2) is 0 Å². The van der Waals surface area contributed by atoms with Crippen molar-refractivity contribution in [2.45, 2.75) is 51.4 Å². The number of carboxylic acid groups (broad SMARTS) is 1. The third-order valence-electron chi connectivity index (χ3n) is 4.33. The molecule has 118 valence electrons. The standard InChI is InChI=1S/C17H26FNO2/c1-3-5-8-13(4-2)11-17(12-19,16(20)21)14-9-6-7-10-15(14)18/h6-7,9-10,13H,3-5,8,11-12,19H2,1-2H3,(H,20,21). The number of aliphatic carboxylic acids is 1. The van der Waals surface area contributed by atoms with E-state index in [1.165, 1.54) is 6.07 Å². The summed E-state index contributed by atoms with van der Waals surface area (Å²) in [4.78, 5) is 11.9. The van der Waals surface area contributed by atoms with Crippen LogP contribution in [-0.2, 0) is 10.2 Å². The largest absolute Gasteiger partial charge is 0.481 e. The Bertz CT molecular complexity index is 464. The van der Waals surface area contributed by atoms with Gasteiger partial charge in [0.1, 0.15) is 11.2 Å². The second-order valence-corrected chi connectivity index (χ2v) is 5.69. The number of carbonyl (C=O) groups is 1. The molecule has 2 atom stereocenters. The topological polar surface area (TPSA) is 63.3 Å². The second-order valence-electron chi connectivity index (χ2n) is 5.69. The van der Waals surface area contributed by atoms with Crippen LogP contribution in [0.5, 0.6) is 0 Å². The SMILES string of the molecule is CCCCC(CC)CC(CN)(C(=O)O)c1ccccc1F. The number of hydrogen-bond acceptors (Lipinski definition) is 2. The third-order valence-corrected chi connectivity index (χ3v) is 4.33. The zero-order valence-corrected chi connectivity index (χ0v) is 12.9. The van der Waals surface area contributed by atoms with Crippen molar-refractivity contribution >= 4 is 5.97 Å². The molecule has 1 aromatic rings. The van der Waals surface area contributed by atoms with Gasteiger partial charge in [-0.25, -0.2) is 4.39 Å². The molecule has 0 radical (unpaired) electrons. The van der Waals surface area contributed by atoms with E-state index in [0.717, 1.165) is 25.7 Å². The van der Waals surface area contributed by atoms with Crippen LogP contribution in [0.2, 0.25) is 0 Å². The fraction of sp³-hybridized carbons (Fsp3) is 0.588. The number of benzene rings is 1. The highest BCUT2D eigenvalue weighted by atomic mass is 19.1. The number of nitrogens with two attached hydrogens (primary N) is 1. The summed E-state index contributed by atoms with van der Waals surface area (Å²) >= 11 is 0. The van der Waals surface area contributed by atoms with Crippen LogP contribution in [0.25, 0.3) is 0 Å². The van der Waals surface area contributed by atoms with Crippen molar-refractivity contribution in [2.24, 2.45) is 11.7 Å². The first kappa shape index (κ1) is 17.6. The van der Waals surface area contributed by atoms with Crippen LogP contribution in [0, 0.1) is 11.7 Å². The number of rotatable bonds is 9. The average Bonchev–Trinajstić information content (AvgIpc) is 2.48. The van der Waals surface area contributed by atoms with Crippen LogP contribution >= 0.6 is 0 Å². The smallest absolute Gasteiger partial charge is 0.315 e. The Balaban J connectivity index is 3.15. The highest BCUT2D eigenvalue weighted by molar-refractivity contribution is 5.82. The summed E-state index contributed by atoms with van der Waals surface area (Å²) in [6, 6.07) is 6.08. The van der Waals surface area contributed by atoms with Gasteiger partial charge in [0, 0.05) is 12.1 Å². The monoisotopic (exact) mass is 295 g/mol. The summed E-state index contributed by atoms with van der Waals surface area (Å²) in [6.45, 7) is 4.06. The maximum Gasteiger partial charge on any atom is 0.315 e. The zero-order chi connectivity index (χ0) is 15.9. The quantitative estimate of drug-likeness (QED) is 0.730. The molecule has 1 aromatic carbocycles. The molecule has 1 rings (SSSR count). The van der Waals surface area contributed by atoms with Crippen LogP contribution in [0.15, 0.2) is 24.3 Å². The number of hydrogen-bond donors (Lipinski definition) is 2. The first-order valence-electron chi connectivity index (χ1n) is 7.70. The Kier molecular flexibility index (Phi) is 6.82. The first-order valence-corrected chi connectivity index (χ1v) is 7.70. The fourth-order valence-corrected chi connectivity index (χ4v) is 2.88. The van der Waals surface area contributed by atoms with Crippen LogP contribution in [0.3, 0.4) is 0 Å². The van der Waals surface area contributed by atoms with Crippen molar-refractivity contribution in [1.82, 2.24) is 0 Å². The summed E-state index contributed by atoms with van der Waals surface area (Å²) in [5, 5.41) is 9.72. The highest BCUT2D eigenvalue weighted by Crippen LogP contribution is 2.35. The summed E-state index contributed by atoms with van der Waals surface area (Å²) in [6.07, 6.45) is 4.34. The Morgan fingerprint density at radius 3 is 2.52 bits per heavy atom. The minimum Gasteiger partial charge on any atom is -0.481 e. The predicted molar refractivity (Wildman–Crippen MR) is 82.7 cm³/mol. The van der Waals surface area contributed by atoms with E-state index >= 15 is 0 Å². The van der Waals surface area contributed by atoms with Crippen LogP contribution in [-0.4, -0.2) is 17.6 Å². The summed E-state index contributed by atoms with van der Waals surface area (Å²) in [5.74, 6) is -1.29. The molecule has 0 bridgehead atoms. The van der Waals surface area contributed by atoms with Crippen molar-refractivity contribution in [2.75, 3.05) is 6.54 Å². The molecule has 2 unspecified atom stereocenters. The molecule has 0 saturated heterocycles. The lowest BCUT2D eigenvalue weighted by molar-refractivity contribution is -0.144. The van der Waals surface area contributed by atoms with Gasteiger partial charge < -0.3 is 10.8 Å². The molecule has 0 fully saturated rings. The molecule has 3 nitrogen and oxygen atoms in total. The normalized spacial score (nSPS) is 15.4. The number of halogens is 1. The van der Waals surface area contributed by atoms with Gasteiger partial charge in [-0.2, -0.15) is 0 Å². The molecular weight excluding hydrogens is 269 g/mol. The molecule has 0 aliphatic rings. The van der Waals surface area contributed by atoms with Gasteiger partial charge in [0.05, 0.1) is 0 Å². The van der Waals surface area contributed by atoms with E-state index in [1.807, 2.05) is 6.92 Å². The van der Waals surface area contributed by atoms with E-state index in [2.05, 4.69) is 6.92 Å². The van der Waals surface area contributed by atoms with Gasteiger partial charge in [0.2, 0.25) is 0 Å². The molecule has 3 N–H and O–H groups in total. The van der Waals surface area contributed by atoms with Crippen molar-refractivity contribution < 1.29 is 14.3 Å². The van der Waals surface area contributed by atoms with Crippen LogP contribution in [0.4, 0.5) is 4.39 Å². The summed E-state index contributed by atoms with van der Waals surface area (Å²) in [7, 11) is 0. The summed E-state index contributed by atoms with van der Waals surface area (Å²) < 4.78 is 14.1. The molecule has 0 heterocycles. The predicted octanol–water partition coefficient (Wildman–Crippen LogP) is 3.71. The van der Waals surface area contributed by atoms with Crippen molar-refractivity contribution in [1.29, 1.82) is 0 Å². The van der Waals surface area contributed by atoms with Crippen LogP contribution < -0.4 is 5.73 Å². The Hall–Kier alpha value is -1.42. The second kappa shape index (κ2) is 8.13. The summed E-state index contributed by atoms with van der Waals surface area (Å²) in [5.41, 5.74) is 4.66. The average molecular weight is 295 g/mol. The molecule has 0 amide bonds. The lowest BCUT2D eigenvalue weighted by atomic mass is 9.72. The highest BCUT2D eigenvalue weighted by Gasteiger charge is 2.42. The number of carboxylic acids is 1. The number of unbranched alkanes of at least 4 members (excludes halogenated alkanes) is 1. The molecular formula is C17H26FNO2. The molecule has 21 heavy (non-hydrogen) atoms. The van der Waals surface area contributed by atoms with E-state index in [0.29, 0.717) is 6.42 Å². The molecule has 4 heteroatoms.